The van der Waals surface area contributed by atoms with E-state index in [1.807, 2.05) is 0 Å². The number of aryl methyl sites for hydroxylation is 4. The molecule has 2 heteroatoms. The van der Waals surface area contributed by atoms with E-state index in [1.54, 1.807) is 0 Å². The van der Waals surface area contributed by atoms with Gasteiger partial charge in [0.25, 0.3) is 0 Å². The lowest BCUT2D eigenvalue weighted by Crippen LogP contribution is -2.13. The smallest absolute Gasteiger partial charge is 0.0540 e. The molecule has 0 heterocycles. The molecular formula is C48H40N2. The van der Waals surface area contributed by atoms with E-state index in [-0.39, 0.29) is 0 Å². The van der Waals surface area contributed by atoms with Crippen molar-refractivity contribution >= 4 is 55.7 Å². The minimum Gasteiger partial charge on any atom is -0.309 e. The van der Waals surface area contributed by atoms with Crippen molar-refractivity contribution in [1.29, 1.82) is 0 Å². The topological polar surface area (TPSA) is 6.48 Å². The number of hydrogen-bond acceptors (Lipinski definition) is 2. The second kappa shape index (κ2) is 13.1. The molecule has 0 aliphatic heterocycles. The van der Waals surface area contributed by atoms with Crippen LogP contribution in [0.5, 0.6) is 0 Å². The molecule has 0 aliphatic carbocycles. The highest BCUT2D eigenvalue weighted by atomic mass is 15.2. The first-order chi connectivity index (χ1) is 24.5. The summed E-state index contributed by atoms with van der Waals surface area (Å²) in [6, 6.07) is 61.6. The van der Waals surface area contributed by atoms with E-state index in [4.69, 9.17) is 0 Å². The maximum Gasteiger partial charge on any atom is 0.0540 e. The van der Waals surface area contributed by atoms with Gasteiger partial charge in [0.2, 0.25) is 0 Å². The molecule has 0 aromatic heterocycles. The second-order valence-electron chi connectivity index (χ2n) is 13.2. The lowest BCUT2D eigenvalue weighted by atomic mass is 9.97. The van der Waals surface area contributed by atoms with Crippen molar-refractivity contribution < 1.29 is 0 Å². The van der Waals surface area contributed by atoms with Crippen molar-refractivity contribution in [3.8, 4) is 11.1 Å². The molecule has 50 heavy (non-hydrogen) atoms. The van der Waals surface area contributed by atoms with Crippen LogP contribution in [0, 0.1) is 27.7 Å². The van der Waals surface area contributed by atoms with Gasteiger partial charge in [-0.2, -0.15) is 0 Å². The van der Waals surface area contributed by atoms with Crippen LogP contribution in [0.3, 0.4) is 0 Å². The summed E-state index contributed by atoms with van der Waals surface area (Å²) < 4.78 is 0. The molecule has 0 saturated heterocycles. The number of fused-ring (bicyclic) bond motifs is 2. The normalized spacial score (nSPS) is 11.2. The van der Waals surface area contributed by atoms with Crippen LogP contribution in [0.2, 0.25) is 0 Å². The summed E-state index contributed by atoms with van der Waals surface area (Å²) in [5, 5.41) is 4.93. The molecule has 0 N–H and O–H groups in total. The molecule has 0 atom stereocenters. The number of anilines is 6. The quantitative estimate of drug-likeness (QED) is 0.170. The molecule has 0 unspecified atom stereocenters. The molecule has 2 nitrogen and oxygen atoms in total. The van der Waals surface area contributed by atoms with Gasteiger partial charge in [-0.15, -0.1) is 0 Å². The standard InChI is InChI=1S/C48H40N2/c1-33-15-5-11-23-43(33)49(47-25-13-19-37-17-7-9-21-41(37)47)45-29-27-39(31-35(45)3)40-28-30-46(36(4)32-40)50(44-24-12-6-16-34(44)2)48-26-14-20-38-18-8-10-22-42(38)48/h5-32H,1-4H3. The van der Waals surface area contributed by atoms with Crippen LogP contribution >= 0.6 is 0 Å². The summed E-state index contributed by atoms with van der Waals surface area (Å²) in [7, 11) is 0. The highest BCUT2D eigenvalue weighted by Gasteiger charge is 2.21. The number of rotatable bonds is 7. The Hall–Kier alpha value is -6.12. The fraction of sp³-hybridized carbons (Fsp3) is 0.0833. The first-order valence-electron chi connectivity index (χ1n) is 17.4. The lowest BCUT2D eigenvalue weighted by molar-refractivity contribution is 1.23. The molecule has 0 radical (unpaired) electrons. The van der Waals surface area contributed by atoms with Crippen LogP contribution in [0.25, 0.3) is 32.7 Å². The van der Waals surface area contributed by atoms with Gasteiger partial charge in [-0.25, -0.2) is 0 Å². The number of benzene rings is 8. The van der Waals surface area contributed by atoms with Gasteiger partial charge < -0.3 is 9.80 Å². The van der Waals surface area contributed by atoms with Crippen LogP contribution in [-0.2, 0) is 0 Å². The zero-order valence-corrected chi connectivity index (χ0v) is 29.1. The van der Waals surface area contributed by atoms with Crippen LogP contribution in [0.4, 0.5) is 34.1 Å². The Balaban J connectivity index is 1.23. The molecular weight excluding hydrogens is 605 g/mol. The third-order valence-electron chi connectivity index (χ3n) is 9.94. The Kier molecular flexibility index (Phi) is 8.14. The molecule has 0 spiro atoms. The van der Waals surface area contributed by atoms with Gasteiger partial charge in [-0.05, 0) is 120 Å². The van der Waals surface area contributed by atoms with Crippen molar-refractivity contribution in [3.05, 3.63) is 192 Å². The Morgan fingerprint density at radius 1 is 0.280 bits per heavy atom. The predicted octanol–water partition coefficient (Wildman–Crippen LogP) is 13.8. The Morgan fingerprint density at radius 2 is 0.620 bits per heavy atom. The third-order valence-corrected chi connectivity index (χ3v) is 9.94. The highest BCUT2D eigenvalue weighted by molar-refractivity contribution is 6.01. The van der Waals surface area contributed by atoms with E-state index in [0.29, 0.717) is 0 Å². The van der Waals surface area contributed by atoms with Gasteiger partial charge in [-0.1, -0.05) is 121 Å². The molecule has 8 rings (SSSR count). The molecule has 8 aromatic carbocycles. The van der Waals surface area contributed by atoms with Gasteiger partial charge in [0.15, 0.2) is 0 Å². The van der Waals surface area contributed by atoms with Crippen LogP contribution in [0.15, 0.2) is 170 Å². The molecule has 0 amide bonds. The minimum absolute atomic E-state index is 1.18. The maximum atomic E-state index is 2.43. The summed E-state index contributed by atoms with van der Waals surface area (Å²) >= 11 is 0. The Bertz CT molecular complexity index is 2320. The predicted molar refractivity (Wildman–Crippen MR) is 215 cm³/mol. The Morgan fingerprint density at radius 3 is 1.04 bits per heavy atom. The van der Waals surface area contributed by atoms with E-state index in [2.05, 4.69) is 207 Å². The zero-order chi connectivity index (χ0) is 34.2. The fourth-order valence-corrected chi connectivity index (χ4v) is 7.39. The molecule has 0 saturated carbocycles. The van der Waals surface area contributed by atoms with Crippen LogP contribution < -0.4 is 9.80 Å². The second-order valence-corrected chi connectivity index (χ2v) is 13.2. The van der Waals surface area contributed by atoms with E-state index < -0.39 is 0 Å². The summed E-state index contributed by atoms with van der Waals surface area (Å²) in [6.45, 7) is 8.85. The van der Waals surface area contributed by atoms with Crippen LogP contribution in [-0.4, -0.2) is 0 Å². The van der Waals surface area contributed by atoms with Gasteiger partial charge in [0, 0.05) is 33.5 Å². The molecule has 8 aromatic rings. The summed E-state index contributed by atoms with van der Waals surface area (Å²) in [4.78, 5) is 4.85. The first-order valence-corrected chi connectivity index (χ1v) is 17.4. The maximum absolute atomic E-state index is 2.43. The van der Waals surface area contributed by atoms with E-state index in [0.717, 1.165) is 0 Å². The number of hydrogen-bond donors (Lipinski definition) is 0. The van der Waals surface area contributed by atoms with E-state index >= 15 is 0 Å². The number of nitrogens with zero attached hydrogens (tertiary/aromatic N) is 2. The average Bonchev–Trinajstić information content (AvgIpc) is 3.14. The average molecular weight is 645 g/mol. The van der Waals surface area contributed by atoms with Crippen molar-refractivity contribution in [2.75, 3.05) is 9.80 Å². The van der Waals surface area contributed by atoms with Gasteiger partial charge in [0.05, 0.1) is 11.4 Å². The summed E-state index contributed by atoms with van der Waals surface area (Å²) in [6.07, 6.45) is 0. The summed E-state index contributed by atoms with van der Waals surface area (Å²) in [5.74, 6) is 0. The first kappa shape index (κ1) is 31.2. The highest BCUT2D eigenvalue weighted by Crippen LogP contribution is 2.44. The van der Waals surface area contributed by atoms with Crippen molar-refractivity contribution in [1.82, 2.24) is 0 Å². The fourth-order valence-electron chi connectivity index (χ4n) is 7.39. The molecule has 242 valence electrons. The lowest BCUT2D eigenvalue weighted by Gasteiger charge is -2.30. The molecule has 0 bridgehead atoms. The zero-order valence-electron chi connectivity index (χ0n) is 29.1. The third kappa shape index (κ3) is 5.59. The Labute approximate surface area is 295 Å². The molecule has 0 fully saturated rings. The SMILES string of the molecule is Cc1ccccc1N(c1ccc(-c2ccc(N(c3ccccc3C)c3cccc4ccccc34)c(C)c2)cc1C)c1cccc2ccccc12. The van der Waals surface area contributed by atoms with Crippen molar-refractivity contribution in [2.24, 2.45) is 0 Å². The number of para-hydroxylation sites is 2. The molecule has 0 aliphatic rings. The van der Waals surface area contributed by atoms with Crippen molar-refractivity contribution in [2.45, 2.75) is 27.7 Å². The largest absolute Gasteiger partial charge is 0.309 e. The van der Waals surface area contributed by atoms with Gasteiger partial charge in [0.1, 0.15) is 0 Å². The summed E-state index contributed by atoms with van der Waals surface area (Å²) in [5.41, 5.74) is 14.4. The minimum atomic E-state index is 1.18. The van der Waals surface area contributed by atoms with E-state index in [1.165, 1.54) is 89.0 Å². The van der Waals surface area contributed by atoms with Gasteiger partial charge >= 0.3 is 0 Å². The monoisotopic (exact) mass is 644 g/mol. The van der Waals surface area contributed by atoms with Gasteiger partial charge in [-0.3, -0.25) is 0 Å². The van der Waals surface area contributed by atoms with Crippen molar-refractivity contribution in [3.63, 3.8) is 0 Å². The van der Waals surface area contributed by atoms with E-state index in [9.17, 15) is 0 Å². The van der Waals surface area contributed by atoms with Crippen LogP contribution in [0.1, 0.15) is 22.3 Å².